The van der Waals surface area contributed by atoms with Crippen LogP contribution in [0.2, 0.25) is 5.02 Å². The van der Waals surface area contributed by atoms with Crippen LogP contribution in [0.3, 0.4) is 0 Å². The molecule has 1 unspecified atom stereocenters. The Kier molecular flexibility index (Phi) is 5.44. The summed E-state index contributed by atoms with van der Waals surface area (Å²) < 4.78 is 0. The monoisotopic (exact) mass is 254 g/mol. The molecule has 0 saturated heterocycles. The molecule has 1 aromatic rings. The molecule has 0 bridgehead atoms. The first-order chi connectivity index (χ1) is 7.95. The number of nitrogens with zero attached hydrogens (tertiary/aromatic N) is 1. The molecule has 0 radical (unpaired) electrons. The Morgan fingerprint density at radius 3 is 2.47 bits per heavy atom. The molecule has 1 rings (SSSR count). The fraction of sp³-hybridized carbons (Fsp3) is 0.571. The number of likely N-dealkylation sites (N-methyl/N-ethyl adjacent to an activating group) is 1. The predicted molar refractivity (Wildman–Crippen MR) is 75.5 cm³/mol. The van der Waals surface area contributed by atoms with E-state index in [1.807, 2.05) is 12.1 Å². The van der Waals surface area contributed by atoms with Crippen molar-refractivity contribution in [3.8, 4) is 0 Å². The van der Waals surface area contributed by atoms with Crippen molar-refractivity contribution < 1.29 is 0 Å². The SMILES string of the molecule is Cc1cc(Cl)ccc1C(CN)N(C)CC(C)C. The molecule has 17 heavy (non-hydrogen) atoms. The average Bonchev–Trinajstić information content (AvgIpc) is 2.21. The molecule has 0 spiro atoms. The van der Waals surface area contributed by atoms with E-state index in [2.05, 4.69) is 38.8 Å². The normalized spacial score (nSPS) is 13.4. The summed E-state index contributed by atoms with van der Waals surface area (Å²) in [5, 5.41) is 0.786. The fourth-order valence-corrected chi connectivity index (χ4v) is 2.49. The van der Waals surface area contributed by atoms with Gasteiger partial charge in [0, 0.05) is 24.2 Å². The zero-order valence-electron chi connectivity index (χ0n) is 11.2. The zero-order chi connectivity index (χ0) is 13.0. The molecule has 0 fully saturated rings. The van der Waals surface area contributed by atoms with Gasteiger partial charge in [-0.25, -0.2) is 0 Å². The van der Waals surface area contributed by atoms with Gasteiger partial charge in [-0.2, -0.15) is 0 Å². The third kappa shape index (κ3) is 3.98. The molecule has 0 aromatic heterocycles. The minimum atomic E-state index is 0.273. The Balaban J connectivity index is 2.93. The van der Waals surface area contributed by atoms with Crippen LogP contribution in [0.4, 0.5) is 0 Å². The topological polar surface area (TPSA) is 29.3 Å². The Hall–Kier alpha value is -0.570. The van der Waals surface area contributed by atoms with Crippen molar-refractivity contribution in [1.82, 2.24) is 4.90 Å². The van der Waals surface area contributed by atoms with E-state index in [9.17, 15) is 0 Å². The van der Waals surface area contributed by atoms with Crippen LogP contribution in [0, 0.1) is 12.8 Å². The molecule has 2 N–H and O–H groups in total. The summed E-state index contributed by atoms with van der Waals surface area (Å²) in [7, 11) is 2.13. The standard InChI is InChI=1S/C14H23ClN2/c1-10(2)9-17(4)14(8-16)13-6-5-12(15)7-11(13)3/h5-7,10,14H,8-9,16H2,1-4H3. The van der Waals surface area contributed by atoms with Crippen molar-refractivity contribution in [3.05, 3.63) is 34.3 Å². The minimum Gasteiger partial charge on any atom is -0.329 e. The van der Waals surface area contributed by atoms with E-state index in [0.717, 1.165) is 11.6 Å². The maximum Gasteiger partial charge on any atom is 0.0470 e. The third-order valence-corrected chi connectivity index (χ3v) is 3.23. The Bertz CT molecular complexity index is 363. The highest BCUT2D eigenvalue weighted by molar-refractivity contribution is 6.30. The molecule has 1 aromatic carbocycles. The number of benzene rings is 1. The highest BCUT2D eigenvalue weighted by Gasteiger charge is 2.18. The van der Waals surface area contributed by atoms with Crippen LogP contribution in [0.1, 0.15) is 31.0 Å². The van der Waals surface area contributed by atoms with Gasteiger partial charge in [-0.3, -0.25) is 4.90 Å². The summed E-state index contributed by atoms with van der Waals surface area (Å²) in [4.78, 5) is 2.32. The molecular formula is C14H23ClN2. The summed E-state index contributed by atoms with van der Waals surface area (Å²) >= 11 is 5.98. The first kappa shape index (κ1) is 14.5. The largest absolute Gasteiger partial charge is 0.329 e. The van der Waals surface area contributed by atoms with Gasteiger partial charge >= 0.3 is 0 Å². The second-order valence-electron chi connectivity index (χ2n) is 5.09. The molecule has 96 valence electrons. The molecule has 0 aliphatic carbocycles. The van der Waals surface area contributed by atoms with Crippen molar-refractivity contribution in [2.75, 3.05) is 20.1 Å². The number of aryl methyl sites for hydroxylation is 1. The van der Waals surface area contributed by atoms with Gasteiger partial charge in [0.25, 0.3) is 0 Å². The molecule has 1 atom stereocenters. The van der Waals surface area contributed by atoms with E-state index < -0.39 is 0 Å². The van der Waals surface area contributed by atoms with Crippen molar-refractivity contribution in [1.29, 1.82) is 0 Å². The van der Waals surface area contributed by atoms with Crippen molar-refractivity contribution in [2.45, 2.75) is 26.8 Å². The second kappa shape index (κ2) is 6.39. The van der Waals surface area contributed by atoms with E-state index in [4.69, 9.17) is 17.3 Å². The quantitative estimate of drug-likeness (QED) is 0.874. The summed E-state index contributed by atoms with van der Waals surface area (Å²) in [6.45, 7) is 8.21. The second-order valence-corrected chi connectivity index (χ2v) is 5.52. The first-order valence-corrected chi connectivity index (χ1v) is 6.49. The number of nitrogens with two attached hydrogens (primary N) is 1. The van der Waals surface area contributed by atoms with Crippen molar-refractivity contribution >= 4 is 11.6 Å². The predicted octanol–water partition coefficient (Wildman–Crippen LogP) is 3.24. The Labute approximate surface area is 110 Å². The maximum atomic E-state index is 5.98. The van der Waals surface area contributed by atoms with Gasteiger partial charge in [-0.05, 0) is 43.1 Å². The van der Waals surface area contributed by atoms with E-state index in [-0.39, 0.29) is 6.04 Å². The molecule has 0 aliphatic heterocycles. The lowest BCUT2D eigenvalue weighted by Crippen LogP contribution is -2.33. The van der Waals surface area contributed by atoms with Crippen LogP contribution in [-0.4, -0.2) is 25.0 Å². The summed E-state index contributed by atoms with van der Waals surface area (Å²) in [6, 6.07) is 6.31. The summed E-state index contributed by atoms with van der Waals surface area (Å²) in [5.41, 5.74) is 8.40. The lowest BCUT2D eigenvalue weighted by molar-refractivity contribution is 0.223. The molecular weight excluding hydrogens is 232 g/mol. The van der Waals surface area contributed by atoms with Crippen LogP contribution >= 0.6 is 11.6 Å². The van der Waals surface area contributed by atoms with Crippen LogP contribution in [0.15, 0.2) is 18.2 Å². The zero-order valence-corrected chi connectivity index (χ0v) is 12.0. The molecule has 0 aliphatic rings. The van der Waals surface area contributed by atoms with Gasteiger partial charge in [0.05, 0.1) is 0 Å². The van der Waals surface area contributed by atoms with Gasteiger partial charge in [-0.1, -0.05) is 31.5 Å². The van der Waals surface area contributed by atoms with E-state index in [0.29, 0.717) is 12.5 Å². The first-order valence-electron chi connectivity index (χ1n) is 6.12. The Morgan fingerprint density at radius 2 is 2.00 bits per heavy atom. The van der Waals surface area contributed by atoms with E-state index >= 15 is 0 Å². The van der Waals surface area contributed by atoms with Gasteiger partial charge in [-0.15, -0.1) is 0 Å². The maximum absolute atomic E-state index is 5.98. The lowest BCUT2D eigenvalue weighted by Gasteiger charge is -2.30. The average molecular weight is 255 g/mol. The highest BCUT2D eigenvalue weighted by atomic mass is 35.5. The van der Waals surface area contributed by atoms with Crippen LogP contribution in [0.5, 0.6) is 0 Å². The summed E-state index contributed by atoms with van der Waals surface area (Å²) in [6.07, 6.45) is 0. The number of hydrogen-bond donors (Lipinski definition) is 1. The van der Waals surface area contributed by atoms with E-state index in [1.54, 1.807) is 0 Å². The minimum absolute atomic E-state index is 0.273. The summed E-state index contributed by atoms with van der Waals surface area (Å²) in [5.74, 6) is 0.640. The van der Waals surface area contributed by atoms with Crippen LogP contribution in [0.25, 0.3) is 0 Å². The van der Waals surface area contributed by atoms with E-state index in [1.165, 1.54) is 11.1 Å². The van der Waals surface area contributed by atoms with Gasteiger partial charge in [0.15, 0.2) is 0 Å². The fourth-order valence-electron chi connectivity index (χ4n) is 2.26. The van der Waals surface area contributed by atoms with Crippen molar-refractivity contribution in [3.63, 3.8) is 0 Å². The Morgan fingerprint density at radius 1 is 1.35 bits per heavy atom. The molecule has 2 nitrogen and oxygen atoms in total. The van der Waals surface area contributed by atoms with Crippen molar-refractivity contribution in [2.24, 2.45) is 11.7 Å². The number of hydrogen-bond acceptors (Lipinski definition) is 2. The highest BCUT2D eigenvalue weighted by Crippen LogP contribution is 2.25. The van der Waals surface area contributed by atoms with Gasteiger partial charge < -0.3 is 5.73 Å². The smallest absolute Gasteiger partial charge is 0.0470 e. The number of rotatable bonds is 5. The molecule has 0 saturated carbocycles. The molecule has 3 heteroatoms. The lowest BCUT2D eigenvalue weighted by atomic mass is 9.99. The van der Waals surface area contributed by atoms with Gasteiger partial charge in [0.1, 0.15) is 0 Å². The molecule has 0 amide bonds. The van der Waals surface area contributed by atoms with Crippen LogP contribution in [-0.2, 0) is 0 Å². The number of halogens is 1. The third-order valence-electron chi connectivity index (χ3n) is 3.00. The van der Waals surface area contributed by atoms with Crippen LogP contribution < -0.4 is 5.73 Å². The van der Waals surface area contributed by atoms with Gasteiger partial charge in [0.2, 0.25) is 0 Å². The molecule has 0 heterocycles.